The number of aryl methyl sites for hydroxylation is 2. The first kappa shape index (κ1) is 15.4. The minimum Gasteiger partial charge on any atom is -0.480 e. The molecule has 0 saturated carbocycles. The Kier molecular flexibility index (Phi) is 5.27. The molecule has 6 heteroatoms. The summed E-state index contributed by atoms with van der Waals surface area (Å²) in [6, 6.07) is 6.06. The summed E-state index contributed by atoms with van der Waals surface area (Å²) in [5, 5.41) is 16.2. The fraction of sp³-hybridized carbons (Fsp3) is 0.533. The van der Waals surface area contributed by atoms with Gasteiger partial charge in [0.1, 0.15) is 0 Å². The lowest BCUT2D eigenvalue weighted by Crippen LogP contribution is -2.22. The number of ether oxygens (including phenoxy) is 1. The van der Waals surface area contributed by atoms with Crippen molar-refractivity contribution in [1.82, 2.24) is 25.3 Å². The summed E-state index contributed by atoms with van der Waals surface area (Å²) in [5.74, 6) is 0.528. The van der Waals surface area contributed by atoms with Gasteiger partial charge in [0.05, 0.1) is 24.5 Å². The van der Waals surface area contributed by atoms with Crippen LogP contribution in [0.3, 0.4) is 0 Å². The van der Waals surface area contributed by atoms with Crippen molar-refractivity contribution in [3.63, 3.8) is 0 Å². The standard InChI is InChI=1S/C15H23N5O/c1-5-11-9-12(20(6-2)19-11)10-14(16-3)13-7-8-15(21-4)18-17-13/h7-9,14,16H,5-6,10H2,1-4H3. The molecule has 0 radical (unpaired) electrons. The van der Waals surface area contributed by atoms with E-state index in [9.17, 15) is 0 Å². The maximum absolute atomic E-state index is 5.05. The molecule has 0 aliphatic heterocycles. The van der Waals surface area contributed by atoms with Crippen LogP contribution in [0, 0.1) is 0 Å². The highest BCUT2D eigenvalue weighted by Gasteiger charge is 2.16. The van der Waals surface area contributed by atoms with Crippen molar-refractivity contribution in [3.05, 3.63) is 35.3 Å². The molecule has 0 aliphatic rings. The van der Waals surface area contributed by atoms with Crippen LogP contribution >= 0.6 is 0 Å². The van der Waals surface area contributed by atoms with Crippen molar-refractivity contribution in [1.29, 1.82) is 0 Å². The van der Waals surface area contributed by atoms with Gasteiger partial charge in [0.25, 0.3) is 0 Å². The van der Waals surface area contributed by atoms with Gasteiger partial charge in [0, 0.05) is 24.7 Å². The van der Waals surface area contributed by atoms with Gasteiger partial charge in [-0.05, 0) is 32.5 Å². The van der Waals surface area contributed by atoms with Crippen LogP contribution in [0.2, 0.25) is 0 Å². The molecule has 0 bridgehead atoms. The molecular formula is C15H23N5O. The Morgan fingerprint density at radius 1 is 1.29 bits per heavy atom. The van der Waals surface area contributed by atoms with Crippen molar-refractivity contribution in [2.75, 3.05) is 14.2 Å². The maximum atomic E-state index is 5.05. The third kappa shape index (κ3) is 3.58. The summed E-state index contributed by atoms with van der Waals surface area (Å²) >= 11 is 0. The zero-order valence-corrected chi connectivity index (χ0v) is 13.1. The molecule has 114 valence electrons. The third-order valence-corrected chi connectivity index (χ3v) is 3.56. The van der Waals surface area contributed by atoms with Crippen molar-refractivity contribution in [3.8, 4) is 5.88 Å². The van der Waals surface area contributed by atoms with Crippen LogP contribution in [0.4, 0.5) is 0 Å². The van der Waals surface area contributed by atoms with Crippen molar-refractivity contribution in [2.24, 2.45) is 0 Å². The molecule has 2 rings (SSSR count). The number of rotatable bonds is 7. The number of nitrogens with one attached hydrogen (secondary N) is 1. The van der Waals surface area contributed by atoms with E-state index in [1.165, 1.54) is 5.69 Å². The lowest BCUT2D eigenvalue weighted by atomic mass is 10.1. The Bertz CT molecular complexity index is 564. The Hall–Kier alpha value is -1.95. The van der Waals surface area contributed by atoms with Crippen LogP contribution in [-0.2, 0) is 19.4 Å². The van der Waals surface area contributed by atoms with Crippen molar-refractivity contribution < 1.29 is 4.74 Å². The van der Waals surface area contributed by atoms with E-state index < -0.39 is 0 Å². The number of likely N-dealkylation sites (N-methyl/N-ethyl adjacent to an activating group) is 1. The lowest BCUT2D eigenvalue weighted by Gasteiger charge is -2.15. The van der Waals surface area contributed by atoms with E-state index in [0.717, 1.165) is 30.8 Å². The average molecular weight is 289 g/mol. The molecule has 1 unspecified atom stereocenters. The van der Waals surface area contributed by atoms with Gasteiger partial charge >= 0.3 is 0 Å². The SMILES string of the molecule is CCc1cc(CC(NC)c2ccc(OC)nn2)n(CC)n1. The summed E-state index contributed by atoms with van der Waals surface area (Å²) < 4.78 is 7.10. The van der Waals surface area contributed by atoms with Gasteiger partial charge in [-0.1, -0.05) is 6.92 Å². The first-order chi connectivity index (χ1) is 10.2. The van der Waals surface area contributed by atoms with Gasteiger partial charge < -0.3 is 10.1 Å². The van der Waals surface area contributed by atoms with E-state index in [1.54, 1.807) is 7.11 Å². The molecule has 0 fully saturated rings. The Morgan fingerprint density at radius 2 is 2.10 bits per heavy atom. The molecule has 0 saturated heterocycles. The molecule has 2 heterocycles. The summed E-state index contributed by atoms with van der Waals surface area (Å²) in [7, 11) is 3.52. The second-order valence-corrected chi connectivity index (χ2v) is 4.84. The van der Waals surface area contributed by atoms with Crippen LogP contribution in [-0.4, -0.2) is 34.1 Å². The van der Waals surface area contributed by atoms with Crippen molar-refractivity contribution >= 4 is 0 Å². The molecule has 1 N–H and O–H groups in total. The Morgan fingerprint density at radius 3 is 2.62 bits per heavy atom. The first-order valence-corrected chi connectivity index (χ1v) is 7.32. The first-order valence-electron chi connectivity index (χ1n) is 7.32. The third-order valence-electron chi connectivity index (χ3n) is 3.56. The Balaban J connectivity index is 2.19. The van der Waals surface area contributed by atoms with Gasteiger partial charge in [-0.25, -0.2) is 0 Å². The minimum atomic E-state index is 0.107. The number of nitrogens with zero attached hydrogens (tertiary/aromatic N) is 4. The summed E-state index contributed by atoms with van der Waals surface area (Å²) in [6.07, 6.45) is 1.78. The van der Waals surface area contributed by atoms with Crippen molar-refractivity contribution in [2.45, 2.75) is 39.3 Å². The molecule has 0 spiro atoms. The van der Waals surface area contributed by atoms with Crippen LogP contribution in [0.25, 0.3) is 0 Å². The monoisotopic (exact) mass is 289 g/mol. The number of methoxy groups -OCH3 is 1. The molecule has 21 heavy (non-hydrogen) atoms. The fourth-order valence-electron chi connectivity index (χ4n) is 2.31. The lowest BCUT2D eigenvalue weighted by molar-refractivity contribution is 0.389. The molecule has 6 nitrogen and oxygen atoms in total. The molecule has 0 amide bonds. The molecule has 0 aliphatic carbocycles. The largest absolute Gasteiger partial charge is 0.480 e. The van der Waals surface area contributed by atoms with Gasteiger partial charge in [-0.2, -0.15) is 10.2 Å². The topological polar surface area (TPSA) is 64.9 Å². The van der Waals surface area contributed by atoms with Crippen LogP contribution < -0.4 is 10.1 Å². The van der Waals surface area contributed by atoms with E-state index in [4.69, 9.17) is 4.74 Å². The highest BCUT2D eigenvalue weighted by atomic mass is 16.5. The molecular weight excluding hydrogens is 266 g/mol. The fourth-order valence-corrected chi connectivity index (χ4v) is 2.31. The summed E-state index contributed by atoms with van der Waals surface area (Å²) in [5.41, 5.74) is 3.24. The van der Waals surface area contributed by atoms with E-state index in [1.807, 2.05) is 19.2 Å². The smallest absolute Gasteiger partial charge is 0.233 e. The maximum Gasteiger partial charge on any atom is 0.233 e. The minimum absolute atomic E-state index is 0.107. The van der Waals surface area contributed by atoms with E-state index in [0.29, 0.717) is 5.88 Å². The van der Waals surface area contributed by atoms with Crippen LogP contribution in [0.1, 0.15) is 37.0 Å². The molecule has 0 aromatic carbocycles. The zero-order chi connectivity index (χ0) is 15.2. The summed E-state index contributed by atoms with van der Waals surface area (Å²) in [4.78, 5) is 0. The van der Waals surface area contributed by atoms with Crippen LogP contribution in [0.5, 0.6) is 5.88 Å². The van der Waals surface area contributed by atoms with Gasteiger partial charge in [0.2, 0.25) is 5.88 Å². The predicted molar refractivity (Wildman–Crippen MR) is 81.4 cm³/mol. The Labute approximate surface area is 125 Å². The second-order valence-electron chi connectivity index (χ2n) is 4.84. The second kappa shape index (κ2) is 7.17. The molecule has 1 atom stereocenters. The number of hydrogen-bond acceptors (Lipinski definition) is 5. The van der Waals surface area contributed by atoms with Gasteiger partial charge in [0.15, 0.2) is 0 Å². The van der Waals surface area contributed by atoms with Gasteiger partial charge in [-0.3, -0.25) is 4.68 Å². The van der Waals surface area contributed by atoms with E-state index in [-0.39, 0.29) is 6.04 Å². The van der Waals surface area contributed by atoms with Crippen LogP contribution in [0.15, 0.2) is 18.2 Å². The predicted octanol–water partition coefficient (Wildman–Crippen LogP) is 1.77. The molecule has 2 aromatic heterocycles. The quantitative estimate of drug-likeness (QED) is 0.841. The number of aromatic nitrogens is 4. The zero-order valence-electron chi connectivity index (χ0n) is 13.1. The normalized spacial score (nSPS) is 12.4. The van der Waals surface area contributed by atoms with E-state index in [2.05, 4.69) is 45.2 Å². The van der Waals surface area contributed by atoms with Gasteiger partial charge in [-0.15, -0.1) is 5.10 Å². The van der Waals surface area contributed by atoms with E-state index >= 15 is 0 Å². The summed E-state index contributed by atoms with van der Waals surface area (Å²) in [6.45, 7) is 5.11. The number of hydrogen-bond donors (Lipinski definition) is 1. The average Bonchev–Trinajstić information content (AvgIpc) is 2.95. The highest BCUT2D eigenvalue weighted by Crippen LogP contribution is 2.18. The molecule has 2 aromatic rings. The highest BCUT2D eigenvalue weighted by molar-refractivity contribution is 5.18.